The minimum atomic E-state index is -0.383. The first kappa shape index (κ1) is 18.2. The third-order valence-electron chi connectivity index (χ3n) is 3.87. The number of esters is 1. The van der Waals surface area contributed by atoms with Crippen molar-refractivity contribution in [2.45, 2.75) is 13.3 Å². The standard InChI is InChI=1S/C19H18N4O4/c1-2-27-18(25)8-10-23(17-5-3-4-9-20-17)19(26)13-6-7-14-15(11-13)22-16(12-24)21-14/h3-7,9,11-12H,2,8,10H2,1H3,(H,21,22). The summed E-state index contributed by atoms with van der Waals surface area (Å²) in [6.45, 7) is 2.15. The lowest BCUT2D eigenvalue weighted by Crippen LogP contribution is -2.34. The molecule has 0 unspecified atom stereocenters. The fraction of sp³-hybridized carbons (Fsp3) is 0.211. The van der Waals surface area contributed by atoms with Crippen LogP contribution in [0, 0.1) is 0 Å². The van der Waals surface area contributed by atoms with Gasteiger partial charge in [-0.1, -0.05) is 6.07 Å². The van der Waals surface area contributed by atoms with Gasteiger partial charge in [-0.2, -0.15) is 0 Å². The number of rotatable bonds is 7. The highest BCUT2D eigenvalue weighted by atomic mass is 16.5. The lowest BCUT2D eigenvalue weighted by atomic mass is 10.1. The van der Waals surface area contributed by atoms with Crippen LogP contribution in [0.15, 0.2) is 42.6 Å². The quantitative estimate of drug-likeness (QED) is 0.508. The number of hydrogen-bond acceptors (Lipinski definition) is 6. The summed E-state index contributed by atoms with van der Waals surface area (Å²) in [5.74, 6) is -0.0726. The maximum atomic E-state index is 13.1. The fourth-order valence-corrected chi connectivity index (χ4v) is 2.64. The number of anilines is 1. The molecular formula is C19H18N4O4. The van der Waals surface area contributed by atoms with Crippen molar-refractivity contribution >= 4 is 35.0 Å². The van der Waals surface area contributed by atoms with Gasteiger partial charge in [-0.3, -0.25) is 19.3 Å². The van der Waals surface area contributed by atoms with Gasteiger partial charge in [-0.15, -0.1) is 0 Å². The van der Waals surface area contributed by atoms with Gasteiger partial charge in [0.05, 0.1) is 24.1 Å². The lowest BCUT2D eigenvalue weighted by molar-refractivity contribution is -0.142. The molecule has 27 heavy (non-hydrogen) atoms. The van der Waals surface area contributed by atoms with Crippen LogP contribution in [-0.2, 0) is 9.53 Å². The molecule has 0 saturated heterocycles. The van der Waals surface area contributed by atoms with Crippen molar-refractivity contribution in [3.05, 3.63) is 54.0 Å². The van der Waals surface area contributed by atoms with Crippen LogP contribution in [0.2, 0.25) is 0 Å². The van der Waals surface area contributed by atoms with Crippen LogP contribution in [0.4, 0.5) is 5.82 Å². The Morgan fingerprint density at radius 3 is 2.81 bits per heavy atom. The van der Waals surface area contributed by atoms with Gasteiger partial charge in [0.15, 0.2) is 12.1 Å². The van der Waals surface area contributed by atoms with Crippen LogP contribution >= 0.6 is 0 Å². The number of carbonyl (C=O) groups is 3. The van der Waals surface area contributed by atoms with Gasteiger partial charge in [0, 0.05) is 18.3 Å². The number of benzene rings is 1. The Hall–Kier alpha value is -3.55. The van der Waals surface area contributed by atoms with Gasteiger partial charge in [-0.05, 0) is 37.3 Å². The molecule has 3 aromatic rings. The minimum Gasteiger partial charge on any atom is -0.466 e. The van der Waals surface area contributed by atoms with Crippen LogP contribution in [0.25, 0.3) is 11.0 Å². The molecule has 0 atom stereocenters. The van der Waals surface area contributed by atoms with E-state index < -0.39 is 0 Å². The number of amides is 1. The molecule has 0 bridgehead atoms. The van der Waals surface area contributed by atoms with E-state index in [0.29, 0.717) is 28.7 Å². The van der Waals surface area contributed by atoms with Crippen LogP contribution in [0.3, 0.4) is 0 Å². The van der Waals surface area contributed by atoms with Crippen molar-refractivity contribution in [2.24, 2.45) is 0 Å². The van der Waals surface area contributed by atoms with Crippen molar-refractivity contribution in [3.63, 3.8) is 0 Å². The zero-order valence-electron chi connectivity index (χ0n) is 14.7. The molecule has 3 rings (SSSR count). The van der Waals surface area contributed by atoms with Crippen molar-refractivity contribution in [2.75, 3.05) is 18.1 Å². The van der Waals surface area contributed by atoms with Crippen LogP contribution in [0.1, 0.15) is 34.3 Å². The van der Waals surface area contributed by atoms with Crippen LogP contribution < -0.4 is 4.90 Å². The van der Waals surface area contributed by atoms with E-state index in [4.69, 9.17) is 4.74 Å². The molecule has 0 fully saturated rings. The van der Waals surface area contributed by atoms with Gasteiger partial charge < -0.3 is 9.72 Å². The number of hydrogen-bond donors (Lipinski definition) is 1. The molecular weight excluding hydrogens is 348 g/mol. The number of ether oxygens (including phenoxy) is 1. The fourth-order valence-electron chi connectivity index (χ4n) is 2.64. The van der Waals surface area contributed by atoms with Crippen LogP contribution in [0.5, 0.6) is 0 Å². The molecule has 8 nitrogen and oxygen atoms in total. The first-order valence-corrected chi connectivity index (χ1v) is 8.46. The van der Waals surface area contributed by atoms with Gasteiger partial charge in [0.1, 0.15) is 5.82 Å². The predicted molar refractivity (Wildman–Crippen MR) is 98.6 cm³/mol. The molecule has 0 aliphatic carbocycles. The molecule has 0 spiro atoms. The number of carbonyl (C=O) groups excluding carboxylic acids is 3. The lowest BCUT2D eigenvalue weighted by Gasteiger charge is -2.21. The summed E-state index contributed by atoms with van der Waals surface area (Å²) < 4.78 is 4.94. The third kappa shape index (κ3) is 4.17. The van der Waals surface area contributed by atoms with E-state index in [9.17, 15) is 14.4 Å². The van der Waals surface area contributed by atoms with E-state index in [1.54, 1.807) is 49.5 Å². The molecule has 0 aliphatic heterocycles. The Balaban J connectivity index is 1.89. The molecule has 0 radical (unpaired) electrons. The van der Waals surface area contributed by atoms with Crippen molar-refractivity contribution in [1.29, 1.82) is 0 Å². The average molecular weight is 366 g/mol. The SMILES string of the molecule is CCOC(=O)CCN(C(=O)c1ccc2nc(C=O)[nH]c2c1)c1ccccn1. The highest BCUT2D eigenvalue weighted by molar-refractivity contribution is 6.07. The highest BCUT2D eigenvalue weighted by Gasteiger charge is 2.21. The summed E-state index contributed by atoms with van der Waals surface area (Å²) in [5.41, 5.74) is 1.55. The minimum absolute atomic E-state index is 0.0533. The number of aldehydes is 1. The predicted octanol–water partition coefficient (Wildman–Crippen LogP) is 2.37. The van der Waals surface area contributed by atoms with Gasteiger partial charge in [0.25, 0.3) is 5.91 Å². The summed E-state index contributed by atoms with van der Waals surface area (Å²) in [5, 5.41) is 0. The molecule has 8 heteroatoms. The van der Waals surface area contributed by atoms with Gasteiger partial charge >= 0.3 is 5.97 Å². The number of imidazole rings is 1. The second kappa shape index (κ2) is 8.22. The van der Waals surface area contributed by atoms with Crippen molar-refractivity contribution in [3.8, 4) is 0 Å². The normalized spacial score (nSPS) is 10.6. The van der Waals surface area contributed by atoms with Gasteiger partial charge in [-0.25, -0.2) is 9.97 Å². The third-order valence-corrected chi connectivity index (χ3v) is 3.87. The van der Waals surface area contributed by atoms with E-state index in [1.807, 2.05) is 0 Å². The molecule has 1 aromatic carbocycles. The highest BCUT2D eigenvalue weighted by Crippen LogP contribution is 2.18. The van der Waals surface area contributed by atoms with E-state index >= 15 is 0 Å². The van der Waals surface area contributed by atoms with Crippen molar-refractivity contribution < 1.29 is 19.1 Å². The summed E-state index contributed by atoms with van der Waals surface area (Å²) >= 11 is 0. The number of aromatic nitrogens is 3. The summed E-state index contributed by atoms with van der Waals surface area (Å²) in [6, 6.07) is 10.1. The molecule has 0 aliphatic rings. The number of fused-ring (bicyclic) bond motifs is 1. The number of aromatic amines is 1. The Morgan fingerprint density at radius 1 is 1.26 bits per heavy atom. The zero-order chi connectivity index (χ0) is 19.2. The van der Waals surface area contributed by atoms with Crippen LogP contribution in [-0.4, -0.2) is 46.3 Å². The molecule has 0 saturated carbocycles. The number of H-pyrrole nitrogens is 1. The Kier molecular flexibility index (Phi) is 5.55. The molecule has 1 amide bonds. The van der Waals surface area contributed by atoms with E-state index in [2.05, 4.69) is 15.0 Å². The first-order chi connectivity index (χ1) is 13.1. The van der Waals surface area contributed by atoms with E-state index in [-0.39, 0.29) is 37.3 Å². The number of nitrogens with zero attached hydrogens (tertiary/aromatic N) is 3. The van der Waals surface area contributed by atoms with E-state index in [0.717, 1.165) is 0 Å². The topological polar surface area (TPSA) is 105 Å². The monoisotopic (exact) mass is 366 g/mol. The first-order valence-electron chi connectivity index (χ1n) is 8.46. The smallest absolute Gasteiger partial charge is 0.307 e. The maximum Gasteiger partial charge on any atom is 0.307 e. The molecule has 2 aromatic heterocycles. The number of nitrogens with one attached hydrogen (secondary N) is 1. The van der Waals surface area contributed by atoms with Gasteiger partial charge in [0.2, 0.25) is 0 Å². The Bertz CT molecular complexity index is 968. The average Bonchev–Trinajstić information content (AvgIpc) is 3.11. The summed E-state index contributed by atoms with van der Waals surface area (Å²) in [7, 11) is 0. The molecule has 1 N–H and O–H groups in total. The largest absolute Gasteiger partial charge is 0.466 e. The zero-order valence-corrected chi connectivity index (χ0v) is 14.7. The summed E-state index contributed by atoms with van der Waals surface area (Å²) in [6.07, 6.45) is 2.24. The van der Waals surface area contributed by atoms with Crippen molar-refractivity contribution in [1.82, 2.24) is 15.0 Å². The Morgan fingerprint density at radius 2 is 2.11 bits per heavy atom. The second-order valence-corrected chi connectivity index (χ2v) is 5.67. The maximum absolute atomic E-state index is 13.1. The second-order valence-electron chi connectivity index (χ2n) is 5.67. The Labute approximate surface area is 155 Å². The molecule has 138 valence electrons. The number of pyridine rings is 1. The summed E-state index contributed by atoms with van der Waals surface area (Å²) in [4.78, 5) is 48.2. The molecule has 2 heterocycles. The van der Waals surface area contributed by atoms with E-state index in [1.165, 1.54) is 4.90 Å².